The Bertz CT molecular complexity index is 622. The molecular weight excluding hydrogens is 198 g/mol. The smallest absolute Gasteiger partial charge is 0.192 e. The number of aryl methyl sites for hydroxylation is 2. The molecule has 2 nitrogen and oxygen atoms in total. The van der Waals surface area contributed by atoms with E-state index in [0.717, 1.165) is 29.4 Å². The SMILES string of the molecule is CC(C)c1cn2c3c(cccc3c1=O)CC2. The van der Waals surface area contributed by atoms with Gasteiger partial charge >= 0.3 is 0 Å². The van der Waals surface area contributed by atoms with Crippen LogP contribution in [0.3, 0.4) is 0 Å². The van der Waals surface area contributed by atoms with E-state index in [9.17, 15) is 4.79 Å². The van der Waals surface area contributed by atoms with Gasteiger partial charge < -0.3 is 4.57 Å². The Hall–Kier alpha value is -1.57. The Morgan fingerprint density at radius 2 is 2.12 bits per heavy atom. The molecule has 16 heavy (non-hydrogen) atoms. The van der Waals surface area contributed by atoms with Crippen molar-refractivity contribution < 1.29 is 0 Å². The minimum absolute atomic E-state index is 0.213. The molecule has 0 saturated carbocycles. The summed E-state index contributed by atoms with van der Waals surface area (Å²) < 4.78 is 2.24. The monoisotopic (exact) mass is 213 g/mol. The van der Waals surface area contributed by atoms with E-state index in [1.54, 1.807) is 0 Å². The van der Waals surface area contributed by atoms with Crippen LogP contribution in [0.15, 0.2) is 29.2 Å². The largest absolute Gasteiger partial charge is 0.346 e. The molecule has 0 aliphatic carbocycles. The summed E-state index contributed by atoms with van der Waals surface area (Å²) in [7, 11) is 0. The van der Waals surface area contributed by atoms with E-state index in [1.165, 1.54) is 5.56 Å². The quantitative estimate of drug-likeness (QED) is 0.714. The van der Waals surface area contributed by atoms with Gasteiger partial charge in [-0.2, -0.15) is 0 Å². The predicted molar refractivity (Wildman–Crippen MR) is 66.0 cm³/mol. The molecule has 0 radical (unpaired) electrons. The highest BCUT2D eigenvalue weighted by Gasteiger charge is 2.17. The molecule has 1 aliphatic rings. The molecule has 2 heteroatoms. The van der Waals surface area contributed by atoms with E-state index in [2.05, 4.69) is 24.5 Å². The van der Waals surface area contributed by atoms with Gasteiger partial charge in [-0.05, 0) is 24.0 Å². The van der Waals surface area contributed by atoms with Gasteiger partial charge in [-0.1, -0.05) is 26.0 Å². The van der Waals surface area contributed by atoms with Gasteiger partial charge in [-0.3, -0.25) is 4.79 Å². The average Bonchev–Trinajstić information content (AvgIpc) is 2.67. The minimum atomic E-state index is 0.213. The van der Waals surface area contributed by atoms with E-state index < -0.39 is 0 Å². The van der Waals surface area contributed by atoms with Gasteiger partial charge in [0.15, 0.2) is 5.43 Å². The number of benzene rings is 1. The van der Waals surface area contributed by atoms with E-state index in [0.29, 0.717) is 5.92 Å². The third-order valence-electron chi connectivity index (χ3n) is 3.45. The van der Waals surface area contributed by atoms with Crippen LogP contribution >= 0.6 is 0 Å². The van der Waals surface area contributed by atoms with Gasteiger partial charge in [-0.15, -0.1) is 0 Å². The molecule has 0 N–H and O–H groups in total. The third kappa shape index (κ3) is 1.16. The Balaban J connectivity index is 2.49. The number of para-hydroxylation sites is 1. The van der Waals surface area contributed by atoms with Crippen LogP contribution in [-0.4, -0.2) is 4.57 Å². The van der Waals surface area contributed by atoms with Crippen molar-refractivity contribution in [3.8, 4) is 0 Å². The number of nitrogens with zero attached hydrogens (tertiary/aromatic N) is 1. The van der Waals surface area contributed by atoms with Gasteiger partial charge in [0.2, 0.25) is 0 Å². The second kappa shape index (κ2) is 3.21. The summed E-state index contributed by atoms with van der Waals surface area (Å²) >= 11 is 0. The van der Waals surface area contributed by atoms with Crippen LogP contribution in [-0.2, 0) is 13.0 Å². The first kappa shape index (κ1) is 9.64. The highest BCUT2D eigenvalue weighted by molar-refractivity contribution is 5.84. The van der Waals surface area contributed by atoms with Crippen molar-refractivity contribution in [1.29, 1.82) is 0 Å². The number of rotatable bonds is 1. The molecule has 0 bridgehead atoms. The highest BCUT2D eigenvalue weighted by Crippen LogP contribution is 2.25. The normalized spacial score (nSPS) is 13.9. The standard InChI is InChI=1S/C14H15NO/c1-9(2)12-8-15-7-6-10-4-3-5-11(13(10)15)14(12)16/h3-5,8-9H,6-7H2,1-2H3. The van der Waals surface area contributed by atoms with Crippen LogP contribution in [0.25, 0.3) is 10.9 Å². The van der Waals surface area contributed by atoms with Crippen molar-refractivity contribution in [2.24, 2.45) is 0 Å². The summed E-state index contributed by atoms with van der Waals surface area (Å²) in [6, 6.07) is 6.08. The first-order valence-corrected chi connectivity index (χ1v) is 5.83. The first-order chi connectivity index (χ1) is 7.68. The van der Waals surface area contributed by atoms with E-state index in [-0.39, 0.29) is 5.43 Å². The lowest BCUT2D eigenvalue weighted by molar-refractivity contribution is 0.743. The van der Waals surface area contributed by atoms with Crippen molar-refractivity contribution in [3.63, 3.8) is 0 Å². The predicted octanol–water partition coefficient (Wildman–Crippen LogP) is 2.68. The fourth-order valence-corrected chi connectivity index (χ4v) is 2.59. The molecule has 0 amide bonds. The molecule has 1 aromatic heterocycles. The maximum absolute atomic E-state index is 12.3. The van der Waals surface area contributed by atoms with Crippen LogP contribution in [0.2, 0.25) is 0 Å². The van der Waals surface area contributed by atoms with Crippen LogP contribution in [0.5, 0.6) is 0 Å². The van der Waals surface area contributed by atoms with Gasteiger partial charge in [0.25, 0.3) is 0 Å². The molecule has 0 spiro atoms. The lowest BCUT2D eigenvalue weighted by Crippen LogP contribution is -2.14. The van der Waals surface area contributed by atoms with E-state index in [1.807, 2.05) is 18.3 Å². The summed E-state index contributed by atoms with van der Waals surface area (Å²) in [5.74, 6) is 0.296. The van der Waals surface area contributed by atoms with Crippen molar-refractivity contribution in [3.05, 3.63) is 45.7 Å². The van der Waals surface area contributed by atoms with Crippen molar-refractivity contribution in [2.45, 2.75) is 32.7 Å². The van der Waals surface area contributed by atoms with Gasteiger partial charge in [0.05, 0.1) is 5.52 Å². The number of pyridine rings is 1. The summed E-state index contributed by atoms with van der Waals surface area (Å²) in [5.41, 5.74) is 3.61. The zero-order chi connectivity index (χ0) is 11.3. The van der Waals surface area contributed by atoms with Crippen LogP contribution in [0.4, 0.5) is 0 Å². The van der Waals surface area contributed by atoms with Gasteiger partial charge in [0, 0.05) is 23.7 Å². The van der Waals surface area contributed by atoms with E-state index >= 15 is 0 Å². The summed E-state index contributed by atoms with van der Waals surface area (Å²) in [5, 5.41) is 0.890. The number of hydrogen-bond acceptors (Lipinski definition) is 1. The van der Waals surface area contributed by atoms with Crippen molar-refractivity contribution >= 4 is 10.9 Å². The summed E-state index contributed by atoms with van der Waals surface area (Å²) in [6.07, 6.45) is 3.10. The van der Waals surface area contributed by atoms with Crippen LogP contribution in [0, 0.1) is 0 Å². The molecule has 0 fully saturated rings. The first-order valence-electron chi connectivity index (χ1n) is 5.83. The molecule has 1 aliphatic heterocycles. The lowest BCUT2D eigenvalue weighted by Gasteiger charge is -2.10. The number of hydrogen-bond donors (Lipinski definition) is 0. The Morgan fingerprint density at radius 1 is 1.31 bits per heavy atom. The molecule has 2 heterocycles. The zero-order valence-electron chi connectivity index (χ0n) is 9.66. The van der Waals surface area contributed by atoms with Gasteiger partial charge in [0.1, 0.15) is 0 Å². The highest BCUT2D eigenvalue weighted by atomic mass is 16.1. The third-order valence-corrected chi connectivity index (χ3v) is 3.45. The molecule has 2 aromatic rings. The fourth-order valence-electron chi connectivity index (χ4n) is 2.59. The Labute approximate surface area is 94.5 Å². The molecule has 3 rings (SSSR count). The van der Waals surface area contributed by atoms with Crippen LogP contribution < -0.4 is 5.43 Å². The number of aromatic nitrogens is 1. The summed E-state index contributed by atoms with van der Waals surface area (Å²) in [4.78, 5) is 12.3. The Morgan fingerprint density at radius 3 is 2.88 bits per heavy atom. The van der Waals surface area contributed by atoms with E-state index in [4.69, 9.17) is 0 Å². The minimum Gasteiger partial charge on any atom is -0.346 e. The fraction of sp³-hybridized carbons (Fsp3) is 0.357. The topological polar surface area (TPSA) is 22.0 Å². The second-order valence-corrected chi connectivity index (χ2v) is 4.82. The van der Waals surface area contributed by atoms with Crippen molar-refractivity contribution in [2.75, 3.05) is 0 Å². The Kier molecular flexibility index (Phi) is 1.93. The molecule has 0 saturated heterocycles. The van der Waals surface area contributed by atoms with Gasteiger partial charge in [-0.25, -0.2) is 0 Å². The lowest BCUT2D eigenvalue weighted by atomic mass is 10.0. The molecular formula is C14H15NO. The maximum atomic E-state index is 12.3. The van der Waals surface area contributed by atoms with Crippen molar-refractivity contribution in [1.82, 2.24) is 4.57 Å². The molecule has 0 unspecified atom stereocenters. The summed E-state index contributed by atoms with van der Waals surface area (Å²) in [6.45, 7) is 5.17. The molecule has 82 valence electrons. The second-order valence-electron chi connectivity index (χ2n) is 4.82. The van der Waals surface area contributed by atoms with Crippen LogP contribution in [0.1, 0.15) is 30.9 Å². The molecule has 1 aromatic carbocycles. The zero-order valence-corrected chi connectivity index (χ0v) is 9.66. The maximum Gasteiger partial charge on any atom is 0.192 e. The molecule has 0 atom stereocenters. The average molecular weight is 213 g/mol.